The van der Waals surface area contributed by atoms with Gasteiger partial charge >= 0.3 is 0 Å². The van der Waals surface area contributed by atoms with Gasteiger partial charge in [-0.25, -0.2) is 15.0 Å². The number of benzene rings is 11. The van der Waals surface area contributed by atoms with E-state index in [0.717, 1.165) is 66.6 Å². The van der Waals surface area contributed by atoms with Crippen molar-refractivity contribution in [2.75, 3.05) is 0 Å². The van der Waals surface area contributed by atoms with E-state index in [0.29, 0.717) is 17.5 Å². The summed E-state index contributed by atoms with van der Waals surface area (Å²) in [5.41, 5.74) is 11.5. The van der Waals surface area contributed by atoms with Crippen molar-refractivity contribution >= 4 is 96.7 Å². The van der Waals surface area contributed by atoms with E-state index in [2.05, 4.69) is 228 Å². The monoisotopic (exact) mass is 921 g/mol. The van der Waals surface area contributed by atoms with E-state index in [-0.39, 0.29) is 0 Å². The molecule has 0 bridgehead atoms. The van der Waals surface area contributed by atoms with E-state index in [4.69, 9.17) is 15.0 Å². The molecule has 11 aromatic carbocycles. The molecule has 0 saturated carbocycles. The van der Waals surface area contributed by atoms with Crippen LogP contribution < -0.4 is 0 Å². The van der Waals surface area contributed by atoms with Gasteiger partial charge in [-0.3, -0.25) is 0 Å². The molecule has 4 heterocycles. The summed E-state index contributed by atoms with van der Waals surface area (Å²) >= 11 is 1.86. The molecular weight excluding hydrogens is 883 g/mol. The number of rotatable bonds is 6. The number of para-hydroxylation sites is 4. The van der Waals surface area contributed by atoms with Gasteiger partial charge < -0.3 is 9.13 Å². The van der Waals surface area contributed by atoms with E-state index in [1.54, 1.807) is 0 Å². The van der Waals surface area contributed by atoms with E-state index in [1.807, 2.05) is 29.5 Å². The minimum absolute atomic E-state index is 0.602. The molecule has 0 aliphatic carbocycles. The lowest BCUT2D eigenvalue weighted by Gasteiger charge is -2.17. The van der Waals surface area contributed by atoms with E-state index in [1.165, 1.54) is 57.9 Å². The van der Waals surface area contributed by atoms with E-state index >= 15 is 0 Å². The van der Waals surface area contributed by atoms with Crippen LogP contribution in [0.1, 0.15) is 0 Å². The second-order valence-electron chi connectivity index (χ2n) is 18.3. The minimum Gasteiger partial charge on any atom is -0.309 e. The van der Waals surface area contributed by atoms with Crippen LogP contribution in [0.3, 0.4) is 0 Å². The van der Waals surface area contributed by atoms with Gasteiger partial charge in [0.2, 0.25) is 0 Å². The Hall–Kier alpha value is -9.23. The summed E-state index contributed by atoms with van der Waals surface area (Å²) < 4.78 is 7.30. The molecule has 0 fully saturated rings. The van der Waals surface area contributed by atoms with Crippen molar-refractivity contribution in [2.45, 2.75) is 0 Å². The fourth-order valence-electron chi connectivity index (χ4n) is 11.2. The van der Waals surface area contributed by atoms with Crippen LogP contribution >= 0.6 is 11.3 Å². The second kappa shape index (κ2) is 15.7. The lowest BCUT2D eigenvalue weighted by molar-refractivity contribution is 1.07. The Morgan fingerprint density at radius 1 is 0.310 bits per heavy atom. The Morgan fingerprint density at radius 3 is 1.72 bits per heavy atom. The van der Waals surface area contributed by atoms with Crippen molar-refractivity contribution in [3.05, 3.63) is 237 Å². The predicted molar refractivity (Wildman–Crippen MR) is 298 cm³/mol. The summed E-state index contributed by atoms with van der Waals surface area (Å²) in [4.78, 5) is 16.4. The van der Waals surface area contributed by atoms with Crippen LogP contribution in [0.4, 0.5) is 0 Å². The van der Waals surface area contributed by atoms with Crippen molar-refractivity contribution in [2.24, 2.45) is 0 Å². The van der Waals surface area contributed by atoms with Crippen LogP contribution in [0.2, 0.25) is 0 Å². The molecule has 6 heteroatoms. The van der Waals surface area contributed by atoms with Crippen molar-refractivity contribution in [1.82, 2.24) is 24.1 Å². The van der Waals surface area contributed by atoms with Gasteiger partial charge in [-0.05, 0) is 99.4 Å². The first-order chi connectivity index (χ1) is 35.2. The Kier molecular flexibility index (Phi) is 8.76. The summed E-state index contributed by atoms with van der Waals surface area (Å²) in [5.74, 6) is 1.82. The molecule has 0 saturated heterocycles. The van der Waals surface area contributed by atoms with Gasteiger partial charge in [0, 0.05) is 69.8 Å². The molecule has 0 unspecified atom stereocenters. The molecule has 71 heavy (non-hydrogen) atoms. The van der Waals surface area contributed by atoms with E-state index < -0.39 is 0 Å². The first-order valence-electron chi connectivity index (χ1n) is 24.0. The molecule has 0 atom stereocenters. The second-order valence-corrected chi connectivity index (χ2v) is 19.4. The number of hydrogen-bond acceptors (Lipinski definition) is 4. The molecule has 0 radical (unpaired) electrons. The molecule has 5 nitrogen and oxygen atoms in total. The quantitative estimate of drug-likeness (QED) is 0.167. The average molecular weight is 922 g/mol. The predicted octanol–water partition coefficient (Wildman–Crippen LogP) is 17.4. The lowest BCUT2D eigenvalue weighted by atomic mass is 9.93. The van der Waals surface area contributed by atoms with Crippen LogP contribution in [0, 0.1) is 0 Å². The third kappa shape index (κ3) is 6.15. The summed E-state index contributed by atoms with van der Waals surface area (Å²) in [5, 5.41) is 12.1. The third-order valence-corrected chi connectivity index (χ3v) is 15.5. The smallest absolute Gasteiger partial charge is 0.166 e. The highest BCUT2D eigenvalue weighted by molar-refractivity contribution is 7.26. The highest BCUT2D eigenvalue weighted by Gasteiger charge is 2.24. The molecule has 0 spiro atoms. The zero-order valence-corrected chi connectivity index (χ0v) is 39.0. The Bertz CT molecular complexity index is 4640. The van der Waals surface area contributed by atoms with Gasteiger partial charge in [-0.15, -0.1) is 11.3 Å². The zero-order chi connectivity index (χ0) is 46.6. The van der Waals surface area contributed by atoms with Gasteiger partial charge in [0.25, 0.3) is 0 Å². The maximum atomic E-state index is 5.60. The summed E-state index contributed by atoms with van der Waals surface area (Å²) in [6.07, 6.45) is 0. The lowest BCUT2D eigenvalue weighted by Crippen LogP contribution is -2.03. The molecule has 0 aliphatic rings. The largest absolute Gasteiger partial charge is 0.309 e. The number of hydrogen-bond donors (Lipinski definition) is 0. The molecule has 4 aromatic heterocycles. The van der Waals surface area contributed by atoms with Crippen molar-refractivity contribution in [1.29, 1.82) is 0 Å². The normalized spacial score (nSPS) is 11.9. The minimum atomic E-state index is 0.602. The number of fused-ring (bicyclic) bond motifs is 12. The van der Waals surface area contributed by atoms with Gasteiger partial charge in [-0.1, -0.05) is 170 Å². The molecule has 15 rings (SSSR count). The third-order valence-electron chi connectivity index (χ3n) is 14.3. The molecule has 330 valence electrons. The Labute approximate surface area is 411 Å². The molecule has 0 amide bonds. The first kappa shape index (κ1) is 39.7. The fraction of sp³-hybridized carbons (Fsp3) is 0. The van der Waals surface area contributed by atoms with Crippen LogP contribution in [0.5, 0.6) is 0 Å². The number of nitrogens with zero attached hydrogens (tertiary/aromatic N) is 5. The van der Waals surface area contributed by atoms with Crippen LogP contribution in [-0.4, -0.2) is 24.1 Å². The van der Waals surface area contributed by atoms with Crippen molar-refractivity contribution in [3.63, 3.8) is 0 Å². The van der Waals surface area contributed by atoms with Crippen molar-refractivity contribution < 1.29 is 0 Å². The van der Waals surface area contributed by atoms with Gasteiger partial charge in [-0.2, -0.15) is 0 Å². The van der Waals surface area contributed by atoms with Crippen LogP contribution in [0.25, 0.3) is 142 Å². The van der Waals surface area contributed by atoms with Crippen molar-refractivity contribution in [3.8, 4) is 56.7 Å². The van der Waals surface area contributed by atoms with Crippen LogP contribution in [0.15, 0.2) is 237 Å². The zero-order valence-electron chi connectivity index (χ0n) is 38.2. The molecule has 15 aromatic rings. The highest BCUT2D eigenvalue weighted by Crippen LogP contribution is 2.47. The summed E-state index contributed by atoms with van der Waals surface area (Å²) in [6, 6.07) is 85.1. The standard InChI is InChI=1S/C65H39N5S/c1-3-18-41(19-4-1)63-66-64(68-65(67-63)53-29-15-28-50-47-25-11-14-31-57(47)70(61(50)53)44-22-5-2-6-23-44)51-36-34-45(69-56-30-13-12-26-48(56)55-37-42-20-7-8-21-43(42)38-58(55)69)39-54(51)49-27-16-32-59-60(49)52-35-33-40-17-9-10-24-46(40)62(52)71-59/h1-39H. The Balaban J connectivity index is 1.05. The number of aromatic nitrogens is 5. The van der Waals surface area contributed by atoms with E-state index in [9.17, 15) is 0 Å². The number of thiophene rings is 1. The first-order valence-corrected chi connectivity index (χ1v) is 24.8. The highest BCUT2D eigenvalue weighted by atomic mass is 32.1. The Morgan fingerprint density at radius 2 is 0.915 bits per heavy atom. The molecule has 0 aliphatic heterocycles. The molecular formula is C65H39N5S. The van der Waals surface area contributed by atoms with Crippen LogP contribution in [-0.2, 0) is 0 Å². The van der Waals surface area contributed by atoms with Gasteiger partial charge in [0.1, 0.15) is 0 Å². The maximum absolute atomic E-state index is 5.60. The fourth-order valence-corrected chi connectivity index (χ4v) is 12.4. The summed E-state index contributed by atoms with van der Waals surface area (Å²) in [7, 11) is 0. The van der Waals surface area contributed by atoms with Gasteiger partial charge in [0.15, 0.2) is 17.5 Å². The summed E-state index contributed by atoms with van der Waals surface area (Å²) in [6.45, 7) is 0. The topological polar surface area (TPSA) is 48.5 Å². The maximum Gasteiger partial charge on any atom is 0.166 e. The average Bonchev–Trinajstić information content (AvgIpc) is 4.11. The van der Waals surface area contributed by atoms with Gasteiger partial charge in [0.05, 0.1) is 22.1 Å². The SMILES string of the molecule is c1ccc(-c2nc(-c3ccc(-n4c5ccccc5c5cc6ccccc6cc54)cc3-c3cccc4sc5c6ccccc6ccc5c34)nc(-c3cccc4c5ccccc5n(-c5ccccc5)c34)n2)cc1. The molecule has 0 N–H and O–H groups in total.